The van der Waals surface area contributed by atoms with Gasteiger partial charge in [-0.2, -0.15) is 0 Å². The molecule has 0 aromatic heterocycles. The van der Waals surface area contributed by atoms with Crippen LogP contribution in [-0.4, -0.2) is 60.3 Å². The van der Waals surface area contributed by atoms with Gasteiger partial charge in [0, 0.05) is 13.1 Å². The lowest BCUT2D eigenvalue weighted by Gasteiger charge is -2.33. The van der Waals surface area contributed by atoms with Gasteiger partial charge in [0.25, 0.3) is 0 Å². The Balaban J connectivity index is 0.00000264. The van der Waals surface area contributed by atoms with Crippen LogP contribution in [0, 0.1) is 0 Å². The summed E-state index contributed by atoms with van der Waals surface area (Å²) in [6.45, 7) is 0.614. The fraction of sp³-hybridized carbons (Fsp3) is 0.400. The number of nitrogens with two attached hydrogens (primary N) is 1. The lowest BCUT2D eigenvalue weighted by Crippen LogP contribution is -2.54. The number of piperazine rings is 1. The van der Waals surface area contributed by atoms with E-state index in [9.17, 15) is 14.4 Å². The number of carbonyl (C=O) groups is 3. The number of hydrogen-bond acceptors (Lipinski definition) is 5. The predicted molar refractivity (Wildman–Crippen MR) is 85.7 cm³/mol. The highest BCUT2D eigenvalue weighted by Gasteiger charge is 2.27. The zero-order chi connectivity index (χ0) is 15.9. The van der Waals surface area contributed by atoms with Gasteiger partial charge in [-0.05, 0) is 5.56 Å². The quantitative estimate of drug-likeness (QED) is 0.747. The van der Waals surface area contributed by atoms with Crippen LogP contribution >= 0.6 is 12.4 Å². The third-order valence-corrected chi connectivity index (χ3v) is 3.41. The normalized spacial score (nSPS) is 14.2. The fourth-order valence-corrected chi connectivity index (χ4v) is 2.16. The van der Waals surface area contributed by atoms with E-state index in [4.69, 9.17) is 10.5 Å². The maximum atomic E-state index is 11.9. The number of halogens is 1. The molecule has 0 saturated carbocycles. The molecule has 0 unspecified atom stereocenters. The van der Waals surface area contributed by atoms with Crippen LogP contribution in [0.25, 0.3) is 0 Å². The minimum Gasteiger partial charge on any atom is -0.459 e. The number of amides is 2. The molecule has 1 saturated heterocycles. The largest absolute Gasteiger partial charge is 0.459 e. The molecule has 7 nitrogen and oxygen atoms in total. The summed E-state index contributed by atoms with van der Waals surface area (Å²) < 4.78 is 5.14. The number of ether oxygens (including phenoxy) is 1. The van der Waals surface area contributed by atoms with Crippen LogP contribution in [0.3, 0.4) is 0 Å². The Kier molecular flexibility index (Phi) is 7.50. The highest BCUT2D eigenvalue weighted by Crippen LogP contribution is 2.05. The highest BCUT2D eigenvalue weighted by atomic mass is 35.5. The topological polar surface area (TPSA) is 92.9 Å². The van der Waals surface area contributed by atoms with E-state index in [0.29, 0.717) is 13.1 Å². The van der Waals surface area contributed by atoms with Crippen molar-refractivity contribution >= 4 is 30.2 Å². The molecule has 1 aromatic rings. The molecule has 0 spiro atoms. The molecule has 2 N–H and O–H groups in total. The molecule has 2 rings (SSSR count). The molecule has 0 aliphatic carbocycles. The van der Waals surface area contributed by atoms with Crippen LogP contribution in [0.5, 0.6) is 0 Å². The summed E-state index contributed by atoms with van der Waals surface area (Å²) in [5, 5.41) is 0. The second-order valence-corrected chi connectivity index (χ2v) is 4.98. The summed E-state index contributed by atoms with van der Waals surface area (Å²) in [6.07, 6.45) is 0. The maximum absolute atomic E-state index is 11.9. The Labute approximate surface area is 140 Å². The van der Waals surface area contributed by atoms with Gasteiger partial charge in [0.2, 0.25) is 11.8 Å². The van der Waals surface area contributed by atoms with Gasteiger partial charge in [0.15, 0.2) is 0 Å². The SMILES string of the molecule is Cl.NCC(=O)N1CCN(CC(=O)OCc2ccccc2)C(=O)C1. The molecule has 1 aromatic carbocycles. The Morgan fingerprint density at radius 2 is 1.87 bits per heavy atom. The molecule has 1 fully saturated rings. The van der Waals surface area contributed by atoms with E-state index in [-0.39, 0.29) is 50.5 Å². The summed E-state index contributed by atoms with van der Waals surface area (Å²) in [5.41, 5.74) is 6.16. The number of hydrogen-bond donors (Lipinski definition) is 1. The average Bonchev–Trinajstić information content (AvgIpc) is 2.55. The van der Waals surface area contributed by atoms with Crippen molar-refractivity contribution in [2.24, 2.45) is 5.73 Å². The Morgan fingerprint density at radius 1 is 1.17 bits per heavy atom. The minimum atomic E-state index is -0.462. The maximum Gasteiger partial charge on any atom is 0.325 e. The van der Waals surface area contributed by atoms with Crippen molar-refractivity contribution < 1.29 is 19.1 Å². The Morgan fingerprint density at radius 3 is 2.48 bits per heavy atom. The first kappa shape index (κ1) is 18.9. The van der Waals surface area contributed by atoms with E-state index in [0.717, 1.165) is 5.56 Å². The molecule has 1 aliphatic heterocycles. The number of esters is 1. The van der Waals surface area contributed by atoms with Gasteiger partial charge in [-0.25, -0.2) is 0 Å². The second-order valence-electron chi connectivity index (χ2n) is 4.98. The van der Waals surface area contributed by atoms with E-state index in [1.165, 1.54) is 9.80 Å². The van der Waals surface area contributed by atoms with Gasteiger partial charge < -0.3 is 20.3 Å². The number of rotatable bonds is 5. The summed E-state index contributed by atoms with van der Waals surface area (Å²) in [7, 11) is 0. The lowest BCUT2D eigenvalue weighted by molar-refractivity contribution is -0.153. The van der Waals surface area contributed by atoms with Gasteiger partial charge >= 0.3 is 5.97 Å². The fourth-order valence-electron chi connectivity index (χ4n) is 2.16. The first-order valence-corrected chi connectivity index (χ1v) is 7.05. The zero-order valence-electron chi connectivity index (χ0n) is 12.6. The number of carbonyl (C=O) groups excluding carboxylic acids is 3. The van der Waals surface area contributed by atoms with Crippen molar-refractivity contribution in [2.45, 2.75) is 6.61 Å². The molecular weight excluding hydrogens is 322 g/mol. The van der Waals surface area contributed by atoms with Crippen LogP contribution in [0.15, 0.2) is 30.3 Å². The third kappa shape index (κ3) is 5.54. The smallest absolute Gasteiger partial charge is 0.325 e. The monoisotopic (exact) mass is 341 g/mol. The van der Waals surface area contributed by atoms with Crippen LogP contribution in [0.2, 0.25) is 0 Å². The van der Waals surface area contributed by atoms with Crippen molar-refractivity contribution in [2.75, 3.05) is 32.7 Å². The molecule has 126 valence electrons. The van der Waals surface area contributed by atoms with Crippen molar-refractivity contribution in [3.8, 4) is 0 Å². The summed E-state index contributed by atoms with van der Waals surface area (Å²) in [4.78, 5) is 37.9. The molecule has 8 heteroatoms. The Hall–Kier alpha value is -2.12. The van der Waals surface area contributed by atoms with Crippen molar-refractivity contribution in [1.82, 2.24) is 9.80 Å². The highest BCUT2D eigenvalue weighted by molar-refractivity contribution is 5.88. The number of nitrogens with zero attached hydrogens (tertiary/aromatic N) is 2. The van der Waals surface area contributed by atoms with Crippen LogP contribution < -0.4 is 5.73 Å². The Bertz CT molecular complexity index is 553. The molecule has 0 radical (unpaired) electrons. The first-order chi connectivity index (χ1) is 10.6. The third-order valence-electron chi connectivity index (χ3n) is 3.41. The first-order valence-electron chi connectivity index (χ1n) is 7.05. The van der Waals surface area contributed by atoms with E-state index < -0.39 is 5.97 Å². The minimum absolute atomic E-state index is 0. The molecular formula is C15H20ClN3O4. The lowest BCUT2D eigenvalue weighted by atomic mass is 10.2. The summed E-state index contributed by atoms with van der Waals surface area (Å²) >= 11 is 0. The van der Waals surface area contributed by atoms with Crippen molar-refractivity contribution in [1.29, 1.82) is 0 Å². The van der Waals surface area contributed by atoms with Crippen LogP contribution in [-0.2, 0) is 25.7 Å². The molecule has 2 amide bonds. The van der Waals surface area contributed by atoms with E-state index in [1.54, 1.807) is 0 Å². The molecule has 0 atom stereocenters. The van der Waals surface area contributed by atoms with E-state index in [1.807, 2.05) is 30.3 Å². The van der Waals surface area contributed by atoms with Gasteiger partial charge in [0.1, 0.15) is 13.2 Å². The van der Waals surface area contributed by atoms with Crippen LogP contribution in [0.4, 0.5) is 0 Å². The zero-order valence-corrected chi connectivity index (χ0v) is 13.5. The van der Waals surface area contributed by atoms with Gasteiger partial charge in [-0.15, -0.1) is 12.4 Å². The average molecular weight is 342 g/mol. The van der Waals surface area contributed by atoms with Crippen molar-refractivity contribution in [3.05, 3.63) is 35.9 Å². The molecule has 23 heavy (non-hydrogen) atoms. The van der Waals surface area contributed by atoms with Crippen molar-refractivity contribution in [3.63, 3.8) is 0 Å². The van der Waals surface area contributed by atoms with Gasteiger partial charge in [0.05, 0.1) is 13.1 Å². The molecule has 1 heterocycles. The molecule has 0 bridgehead atoms. The standard InChI is InChI=1S/C15H19N3O4.ClH/c16-8-13(19)17-6-7-18(14(20)9-17)10-15(21)22-11-12-4-2-1-3-5-12;/h1-5H,6-11,16H2;1H. The van der Waals surface area contributed by atoms with E-state index >= 15 is 0 Å². The summed E-state index contributed by atoms with van der Waals surface area (Å²) in [6, 6.07) is 9.32. The van der Waals surface area contributed by atoms with Crippen LogP contribution in [0.1, 0.15) is 5.56 Å². The predicted octanol–water partition coefficient (Wildman–Crippen LogP) is -0.219. The molecule has 1 aliphatic rings. The van der Waals surface area contributed by atoms with E-state index in [2.05, 4.69) is 0 Å². The summed E-state index contributed by atoms with van der Waals surface area (Å²) in [5.74, 6) is -1.000. The second kappa shape index (κ2) is 9.12. The van der Waals surface area contributed by atoms with Gasteiger partial charge in [-0.3, -0.25) is 14.4 Å². The van der Waals surface area contributed by atoms with Gasteiger partial charge in [-0.1, -0.05) is 30.3 Å². The number of benzene rings is 1.